The van der Waals surface area contributed by atoms with Crippen LogP contribution in [0.4, 0.5) is 4.79 Å². The summed E-state index contributed by atoms with van der Waals surface area (Å²) in [4.78, 5) is 44.4. The van der Waals surface area contributed by atoms with Gasteiger partial charge in [-0.2, -0.15) is 0 Å². The Morgan fingerprint density at radius 3 is 2.91 bits per heavy atom. The third-order valence-electron chi connectivity index (χ3n) is 4.31. The van der Waals surface area contributed by atoms with Gasteiger partial charge >= 0.3 is 6.09 Å². The van der Waals surface area contributed by atoms with Crippen LogP contribution in [0.3, 0.4) is 0 Å². The van der Waals surface area contributed by atoms with Crippen molar-refractivity contribution in [2.75, 3.05) is 13.2 Å². The summed E-state index contributed by atoms with van der Waals surface area (Å²) in [5, 5.41) is 0.375. The Labute approximate surface area is 124 Å². The first-order valence-corrected chi connectivity index (χ1v) is 7.09. The van der Waals surface area contributed by atoms with Crippen LogP contribution in [0, 0.1) is 6.92 Å². The molecule has 0 unspecified atom stereocenters. The van der Waals surface area contributed by atoms with Gasteiger partial charge in [0.2, 0.25) is 0 Å². The van der Waals surface area contributed by atoms with Crippen molar-refractivity contribution in [1.29, 1.82) is 0 Å². The summed E-state index contributed by atoms with van der Waals surface area (Å²) >= 11 is 0. The van der Waals surface area contributed by atoms with Gasteiger partial charge in [-0.25, -0.2) is 9.78 Å². The number of nitrogens with one attached hydrogen (secondary N) is 1. The monoisotopic (exact) mass is 302 g/mol. The molecule has 0 radical (unpaired) electrons. The first kappa shape index (κ1) is 13.1. The van der Waals surface area contributed by atoms with Crippen LogP contribution >= 0.6 is 0 Å². The number of carbonyl (C=O) groups is 1. The zero-order valence-electron chi connectivity index (χ0n) is 11.9. The van der Waals surface area contributed by atoms with Gasteiger partial charge in [0.25, 0.3) is 11.1 Å². The molecular formula is C14H14N4O4. The van der Waals surface area contributed by atoms with Gasteiger partial charge in [0.1, 0.15) is 12.4 Å². The lowest BCUT2D eigenvalue weighted by molar-refractivity contribution is 0.156. The number of ether oxygens (including phenoxy) is 1. The van der Waals surface area contributed by atoms with Crippen molar-refractivity contribution in [3.05, 3.63) is 38.8 Å². The van der Waals surface area contributed by atoms with Gasteiger partial charge in [0, 0.05) is 18.8 Å². The van der Waals surface area contributed by atoms with Crippen LogP contribution < -0.4 is 11.1 Å². The Balaban J connectivity index is 1.80. The number of H-pyrrole nitrogens is 1. The number of fused-ring (bicyclic) bond motifs is 2. The third-order valence-corrected chi connectivity index (χ3v) is 4.31. The van der Waals surface area contributed by atoms with Gasteiger partial charge in [-0.1, -0.05) is 0 Å². The smallest absolute Gasteiger partial charge is 0.410 e. The van der Waals surface area contributed by atoms with Gasteiger partial charge in [-0.15, -0.1) is 0 Å². The quantitative estimate of drug-likeness (QED) is 0.809. The average Bonchev–Trinajstić information content (AvgIpc) is 3.00. The Morgan fingerprint density at radius 1 is 1.32 bits per heavy atom. The molecule has 1 amide bonds. The van der Waals surface area contributed by atoms with Crippen LogP contribution in [-0.4, -0.2) is 44.7 Å². The van der Waals surface area contributed by atoms with E-state index in [4.69, 9.17) is 4.74 Å². The van der Waals surface area contributed by atoms with Crippen molar-refractivity contribution in [3.8, 4) is 0 Å². The minimum Gasteiger partial charge on any atom is -0.447 e. The molecule has 2 aromatic rings. The van der Waals surface area contributed by atoms with Crippen LogP contribution in [0.2, 0.25) is 0 Å². The van der Waals surface area contributed by atoms with Gasteiger partial charge in [-0.05, 0) is 13.3 Å². The second-order valence-electron chi connectivity index (χ2n) is 5.74. The van der Waals surface area contributed by atoms with Gasteiger partial charge < -0.3 is 14.3 Å². The fourth-order valence-electron chi connectivity index (χ4n) is 3.26. The Hall–Kier alpha value is -2.64. The molecule has 4 heterocycles. The molecule has 8 nitrogen and oxygen atoms in total. The SMILES string of the molecule is Cc1nc2cc(=O)n([C@@H]3C[C@H]4COC(=O)N4C3)cc2c(=O)[nH]1. The molecule has 2 atom stereocenters. The molecule has 2 aliphatic rings. The van der Waals surface area contributed by atoms with Crippen LogP contribution in [-0.2, 0) is 4.74 Å². The normalized spacial score (nSPS) is 23.9. The molecule has 114 valence electrons. The number of pyridine rings is 1. The highest BCUT2D eigenvalue weighted by Crippen LogP contribution is 2.31. The molecule has 0 aromatic carbocycles. The predicted molar refractivity (Wildman–Crippen MR) is 76.9 cm³/mol. The summed E-state index contributed by atoms with van der Waals surface area (Å²) in [7, 11) is 0. The van der Waals surface area contributed by atoms with Crippen molar-refractivity contribution < 1.29 is 9.53 Å². The number of rotatable bonds is 1. The summed E-state index contributed by atoms with van der Waals surface area (Å²) < 4.78 is 6.50. The van der Waals surface area contributed by atoms with Crippen LogP contribution in [0.5, 0.6) is 0 Å². The molecule has 0 saturated carbocycles. The predicted octanol–water partition coefficient (Wildman–Crippen LogP) is 0.159. The summed E-state index contributed by atoms with van der Waals surface area (Å²) in [6, 6.07) is 1.24. The zero-order valence-corrected chi connectivity index (χ0v) is 11.9. The number of aromatic nitrogens is 3. The Kier molecular flexibility index (Phi) is 2.63. The number of hydrogen-bond donors (Lipinski definition) is 1. The number of carbonyl (C=O) groups excluding carboxylic acids is 1. The third kappa shape index (κ3) is 1.83. The maximum absolute atomic E-state index is 12.3. The van der Waals surface area contributed by atoms with Crippen molar-refractivity contribution in [3.63, 3.8) is 0 Å². The van der Waals surface area contributed by atoms with Crippen molar-refractivity contribution in [1.82, 2.24) is 19.4 Å². The first-order valence-electron chi connectivity index (χ1n) is 7.09. The number of hydrogen-bond acceptors (Lipinski definition) is 5. The number of nitrogens with zero attached hydrogens (tertiary/aromatic N) is 3. The molecule has 4 rings (SSSR count). The van der Waals surface area contributed by atoms with E-state index in [9.17, 15) is 14.4 Å². The molecule has 2 aliphatic heterocycles. The van der Waals surface area contributed by atoms with E-state index in [1.807, 2.05) is 0 Å². The van der Waals surface area contributed by atoms with Crippen LogP contribution in [0.25, 0.3) is 10.9 Å². The van der Waals surface area contributed by atoms with Crippen LogP contribution in [0.15, 0.2) is 21.9 Å². The van der Waals surface area contributed by atoms with E-state index in [1.54, 1.807) is 18.0 Å². The number of amides is 1. The molecule has 22 heavy (non-hydrogen) atoms. The molecule has 0 spiro atoms. The molecular weight excluding hydrogens is 288 g/mol. The average molecular weight is 302 g/mol. The van der Waals surface area contributed by atoms with Crippen molar-refractivity contribution in [2.45, 2.75) is 25.4 Å². The fourth-order valence-corrected chi connectivity index (χ4v) is 3.26. The van der Waals surface area contributed by atoms with E-state index in [1.165, 1.54) is 10.6 Å². The minimum atomic E-state index is -0.337. The van der Waals surface area contributed by atoms with E-state index < -0.39 is 0 Å². The van der Waals surface area contributed by atoms with Gasteiger partial charge in [0.05, 0.1) is 23.0 Å². The maximum Gasteiger partial charge on any atom is 0.410 e. The Morgan fingerprint density at radius 2 is 2.14 bits per heavy atom. The highest BCUT2D eigenvalue weighted by atomic mass is 16.6. The summed E-state index contributed by atoms with van der Waals surface area (Å²) in [6.07, 6.45) is 1.85. The second-order valence-corrected chi connectivity index (χ2v) is 5.74. The summed E-state index contributed by atoms with van der Waals surface area (Å²) in [5.41, 5.74) is -0.0981. The fraction of sp³-hybridized carbons (Fsp3) is 0.429. The zero-order chi connectivity index (χ0) is 15.4. The molecule has 0 aliphatic carbocycles. The van der Waals surface area contributed by atoms with E-state index in [-0.39, 0.29) is 29.3 Å². The molecule has 0 bridgehead atoms. The molecule has 2 fully saturated rings. The van der Waals surface area contributed by atoms with Crippen LogP contribution in [0.1, 0.15) is 18.3 Å². The van der Waals surface area contributed by atoms with Crippen molar-refractivity contribution >= 4 is 17.0 Å². The second kappa shape index (κ2) is 4.43. The Bertz CT molecular complexity index is 900. The van der Waals surface area contributed by atoms with E-state index in [2.05, 4.69) is 9.97 Å². The van der Waals surface area contributed by atoms with Gasteiger partial charge in [-0.3, -0.25) is 14.5 Å². The lowest BCUT2D eigenvalue weighted by atomic mass is 10.1. The number of aryl methyl sites for hydroxylation is 1. The maximum atomic E-state index is 12.3. The number of cyclic esters (lactones) is 1. The van der Waals surface area contributed by atoms with E-state index in [0.717, 1.165) is 0 Å². The molecule has 1 N–H and O–H groups in total. The lowest BCUT2D eigenvalue weighted by Crippen LogP contribution is -2.30. The first-order chi connectivity index (χ1) is 10.5. The summed E-state index contributed by atoms with van der Waals surface area (Å²) in [5.74, 6) is 0.471. The van der Waals surface area contributed by atoms with Crippen molar-refractivity contribution in [2.24, 2.45) is 0 Å². The molecule has 2 saturated heterocycles. The van der Waals surface area contributed by atoms with E-state index in [0.29, 0.717) is 36.3 Å². The lowest BCUT2D eigenvalue weighted by Gasteiger charge is -2.15. The molecule has 2 aromatic heterocycles. The highest BCUT2D eigenvalue weighted by Gasteiger charge is 2.42. The highest BCUT2D eigenvalue weighted by molar-refractivity contribution is 5.76. The minimum absolute atomic E-state index is 0.00882. The standard InChI is InChI=1S/C14H14N4O4/c1-7-15-11-3-12(19)17(5-10(11)13(20)16-7)8-2-9-6-22-14(21)18(9)4-8/h3,5,8-9H,2,4,6H2,1H3,(H,15,16,20)/t8-,9+/m1/s1. The largest absolute Gasteiger partial charge is 0.447 e. The number of aromatic amines is 1. The summed E-state index contributed by atoms with van der Waals surface area (Å²) in [6.45, 7) is 2.45. The van der Waals surface area contributed by atoms with E-state index >= 15 is 0 Å². The topological polar surface area (TPSA) is 97.3 Å². The molecule has 8 heteroatoms. The van der Waals surface area contributed by atoms with Gasteiger partial charge in [0.15, 0.2) is 0 Å².